The van der Waals surface area contributed by atoms with Crippen LogP contribution in [0.2, 0.25) is 0 Å². The fourth-order valence-corrected chi connectivity index (χ4v) is 1.36. The van der Waals surface area contributed by atoms with E-state index in [-0.39, 0.29) is 12.7 Å². The second-order valence-corrected chi connectivity index (χ2v) is 2.83. The lowest BCUT2D eigenvalue weighted by Gasteiger charge is -2.27. The van der Waals surface area contributed by atoms with Crippen LogP contribution in [-0.4, -0.2) is 46.7 Å². The van der Waals surface area contributed by atoms with Gasteiger partial charge in [-0.1, -0.05) is 0 Å². The normalized spacial score (nSPS) is 55.4. The highest BCUT2D eigenvalue weighted by Crippen LogP contribution is 2.38. The van der Waals surface area contributed by atoms with Crippen molar-refractivity contribution < 1.29 is 24.8 Å². The van der Waals surface area contributed by atoms with E-state index in [2.05, 4.69) is 0 Å². The third-order valence-electron chi connectivity index (χ3n) is 2.12. The Bertz CT molecular complexity index is 161. The van der Waals surface area contributed by atoms with E-state index in [9.17, 15) is 5.11 Å². The number of hydrogen-bond acceptors (Lipinski definition) is 5. The summed E-state index contributed by atoms with van der Waals surface area (Å²) in [7, 11) is 0. The SMILES string of the molecule is OCC1C(O)C(O)OC2OC21. The van der Waals surface area contributed by atoms with Crippen molar-refractivity contribution in [3.8, 4) is 0 Å². The van der Waals surface area contributed by atoms with Crippen molar-refractivity contribution in [1.82, 2.24) is 0 Å². The lowest BCUT2D eigenvalue weighted by molar-refractivity contribution is -0.212. The van der Waals surface area contributed by atoms with Gasteiger partial charge in [-0.2, -0.15) is 0 Å². The van der Waals surface area contributed by atoms with Crippen molar-refractivity contribution in [1.29, 1.82) is 0 Å². The second kappa shape index (κ2) is 2.40. The largest absolute Gasteiger partial charge is 0.396 e. The van der Waals surface area contributed by atoms with E-state index >= 15 is 0 Å². The fourth-order valence-electron chi connectivity index (χ4n) is 1.36. The molecule has 5 atom stereocenters. The molecule has 5 nitrogen and oxygen atoms in total. The van der Waals surface area contributed by atoms with Gasteiger partial charge in [0.05, 0.1) is 6.61 Å². The van der Waals surface area contributed by atoms with Crippen molar-refractivity contribution in [2.45, 2.75) is 24.8 Å². The maximum absolute atomic E-state index is 9.22. The minimum atomic E-state index is -1.23. The van der Waals surface area contributed by atoms with Gasteiger partial charge in [-0.15, -0.1) is 0 Å². The molecule has 0 aromatic rings. The average molecular weight is 162 g/mol. The minimum absolute atomic E-state index is 0.192. The van der Waals surface area contributed by atoms with Gasteiger partial charge in [0.25, 0.3) is 0 Å². The Kier molecular flexibility index (Phi) is 1.62. The van der Waals surface area contributed by atoms with Crippen molar-refractivity contribution >= 4 is 0 Å². The Labute approximate surface area is 63.2 Å². The first-order valence-electron chi connectivity index (χ1n) is 3.52. The van der Waals surface area contributed by atoms with Crippen LogP contribution in [0.1, 0.15) is 0 Å². The van der Waals surface area contributed by atoms with Crippen LogP contribution in [0.4, 0.5) is 0 Å². The number of aliphatic hydroxyl groups is 3. The zero-order chi connectivity index (χ0) is 8.01. The maximum Gasteiger partial charge on any atom is 0.188 e. The average Bonchev–Trinajstić information content (AvgIpc) is 2.69. The first kappa shape index (κ1) is 7.45. The second-order valence-electron chi connectivity index (χ2n) is 2.83. The van der Waals surface area contributed by atoms with E-state index in [1.807, 2.05) is 0 Å². The molecule has 3 N–H and O–H groups in total. The Morgan fingerprint density at radius 2 is 1.91 bits per heavy atom. The van der Waals surface area contributed by atoms with Crippen molar-refractivity contribution in [3.05, 3.63) is 0 Å². The number of hydrogen-bond donors (Lipinski definition) is 3. The van der Waals surface area contributed by atoms with Gasteiger partial charge in [0.15, 0.2) is 12.6 Å². The van der Waals surface area contributed by atoms with Gasteiger partial charge in [-0.3, -0.25) is 0 Å². The van der Waals surface area contributed by atoms with Gasteiger partial charge in [-0.05, 0) is 0 Å². The van der Waals surface area contributed by atoms with Crippen LogP contribution in [0.5, 0.6) is 0 Å². The number of epoxide rings is 1. The molecule has 2 heterocycles. The molecule has 0 aromatic heterocycles. The van der Waals surface area contributed by atoms with E-state index in [4.69, 9.17) is 19.7 Å². The molecule has 0 saturated carbocycles. The molecule has 0 aromatic carbocycles. The van der Waals surface area contributed by atoms with Gasteiger partial charge in [0.2, 0.25) is 0 Å². The molecule has 2 aliphatic heterocycles. The molecule has 11 heavy (non-hydrogen) atoms. The highest BCUT2D eigenvalue weighted by atomic mass is 16.8. The van der Waals surface area contributed by atoms with E-state index < -0.39 is 24.6 Å². The lowest BCUT2D eigenvalue weighted by Crippen LogP contribution is -2.45. The lowest BCUT2D eigenvalue weighted by atomic mass is 9.97. The molecule has 5 heteroatoms. The molecular weight excluding hydrogens is 152 g/mol. The Morgan fingerprint density at radius 1 is 1.18 bits per heavy atom. The summed E-state index contributed by atoms with van der Waals surface area (Å²) in [6, 6.07) is 0. The van der Waals surface area contributed by atoms with Crippen molar-refractivity contribution in [2.24, 2.45) is 5.92 Å². The van der Waals surface area contributed by atoms with Crippen LogP contribution in [0.15, 0.2) is 0 Å². The smallest absolute Gasteiger partial charge is 0.188 e. The first-order valence-corrected chi connectivity index (χ1v) is 3.52. The van der Waals surface area contributed by atoms with Crippen LogP contribution in [0, 0.1) is 5.92 Å². The Hall–Kier alpha value is -0.200. The Balaban J connectivity index is 2.05. The topological polar surface area (TPSA) is 82.5 Å². The molecule has 5 unspecified atom stereocenters. The summed E-state index contributed by atoms with van der Waals surface area (Å²) in [5.41, 5.74) is 0. The fraction of sp³-hybridized carbons (Fsp3) is 1.00. The zero-order valence-corrected chi connectivity index (χ0v) is 5.75. The quantitative estimate of drug-likeness (QED) is 0.389. The summed E-state index contributed by atoms with van der Waals surface area (Å²) >= 11 is 0. The molecule has 2 aliphatic rings. The molecule has 0 spiro atoms. The molecule has 2 saturated heterocycles. The summed E-state index contributed by atoms with van der Waals surface area (Å²) in [6.07, 6.45) is -2.93. The van der Waals surface area contributed by atoms with E-state index in [0.29, 0.717) is 0 Å². The number of rotatable bonds is 1. The molecular formula is C6H10O5. The predicted octanol–water partition coefficient (Wildman–Crippen LogP) is -1.97. The number of aliphatic hydroxyl groups excluding tert-OH is 3. The van der Waals surface area contributed by atoms with E-state index in [0.717, 1.165) is 0 Å². The van der Waals surface area contributed by atoms with E-state index in [1.165, 1.54) is 0 Å². The van der Waals surface area contributed by atoms with Crippen LogP contribution in [-0.2, 0) is 9.47 Å². The van der Waals surface area contributed by atoms with E-state index in [1.54, 1.807) is 0 Å². The van der Waals surface area contributed by atoms with Gasteiger partial charge < -0.3 is 24.8 Å². The maximum atomic E-state index is 9.22. The predicted molar refractivity (Wildman–Crippen MR) is 32.3 cm³/mol. The van der Waals surface area contributed by atoms with Crippen LogP contribution in [0.3, 0.4) is 0 Å². The minimum Gasteiger partial charge on any atom is -0.396 e. The van der Waals surface area contributed by atoms with Gasteiger partial charge in [0, 0.05) is 5.92 Å². The highest BCUT2D eigenvalue weighted by molar-refractivity contribution is 4.93. The van der Waals surface area contributed by atoms with Crippen LogP contribution >= 0.6 is 0 Å². The van der Waals surface area contributed by atoms with Gasteiger partial charge in [-0.25, -0.2) is 0 Å². The van der Waals surface area contributed by atoms with Crippen molar-refractivity contribution in [2.75, 3.05) is 6.61 Å². The summed E-state index contributed by atoms with van der Waals surface area (Å²) in [6.45, 7) is -0.192. The molecule has 2 fully saturated rings. The highest BCUT2D eigenvalue weighted by Gasteiger charge is 2.55. The van der Waals surface area contributed by atoms with Gasteiger partial charge in [0.1, 0.15) is 12.2 Å². The molecule has 0 aliphatic carbocycles. The van der Waals surface area contributed by atoms with Crippen LogP contribution in [0.25, 0.3) is 0 Å². The Morgan fingerprint density at radius 3 is 2.55 bits per heavy atom. The first-order chi connectivity index (χ1) is 5.24. The third-order valence-corrected chi connectivity index (χ3v) is 2.12. The summed E-state index contributed by atoms with van der Waals surface area (Å²) in [5.74, 6) is -0.413. The molecule has 2 rings (SSSR count). The molecule has 0 bridgehead atoms. The van der Waals surface area contributed by atoms with Gasteiger partial charge >= 0.3 is 0 Å². The molecule has 0 amide bonds. The summed E-state index contributed by atoms with van der Waals surface area (Å²) in [4.78, 5) is 0. The molecule has 64 valence electrons. The summed E-state index contributed by atoms with van der Waals surface area (Å²) < 4.78 is 9.70. The number of fused-ring (bicyclic) bond motifs is 1. The van der Waals surface area contributed by atoms with Crippen LogP contribution < -0.4 is 0 Å². The number of ether oxygens (including phenoxy) is 2. The molecule has 0 radical (unpaired) electrons. The zero-order valence-electron chi connectivity index (χ0n) is 5.75. The van der Waals surface area contributed by atoms with Crippen molar-refractivity contribution in [3.63, 3.8) is 0 Å². The standard InChI is InChI=1S/C6H10O5/c7-1-2-3(8)5(9)11-6-4(2)10-6/h2-9H,1H2. The monoisotopic (exact) mass is 162 g/mol. The third kappa shape index (κ3) is 1.05. The summed E-state index contributed by atoms with van der Waals surface area (Å²) in [5, 5.41) is 27.0.